The van der Waals surface area contributed by atoms with Gasteiger partial charge in [-0.2, -0.15) is 0 Å². The van der Waals surface area contributed by atoms with E-state index in [9.17, 15) is 9.18 Å². The van der Waals surface area contributed by atoms with Gasteiger partial charge in [0.15, 0.2) is 0 Å². The maximum Gasteiger partial charge on any atom is 0.340 e. The van der Waals surface area contributed by atoms with E-state index in [0.29, 0.717) is 12.0 Å². The molecule has 0 radical (unpaired) electrons. The van der Waals surface area contributed by atoms with E-state index in [4.69, 9.17) is 0 Å². The summed E-state index contributed by atoms with van der Waals surface area (Å²) in [6.07, 6.45) is 8.50. The normalized spacial score (nSPS) is 33.7. The predicted octanol–water partition coefficient (Wildman–Crippen LogP) is 3.92. The lowest BCUT2D eigenvalue weighted by Crippen LogP contribution is -2.50. The van der Waals surface area contributed by atoms with Crippen molar-refractivity contribution in [3.05, 3.63) is 35.1 Å². The smallest absolute Gasteiger partial charge is 0.340 e. The van der Waals surface area contributed by atoms with Crippen molar-refractivity contribution < 1.29 is 13.9 Å². The Labute approximate surface area is 143 Å². The molecule has 0 heterocycles. The standard InChI is InChI=1S/C20H26FNO2/c1-24-19(23)17-3-2-13(7-18(17)21)11-22-12-20-8-14-4-15(9-20)6-16(5-14)10-20/h2-3,7,14-16,22H,4-6,8-12H2,1H3. The third kappa shape index (κ3) is 2.97. The highest BCUT2D eigenvalue weighted by Gasteiger charge is 2.50. The van der Waals surface area contributed by atoms with Gasteiger partial charge < -0.3 is 10.1 Å². The van der Waals surface area contributed by atoms with Gasteiger partial charge in [-0.15, -0.1) is 0 Å². The zero-order valence-corrected chi connectivity index (χ0v) is 14.3. The molecule has 0 aliphatic heterocycles. The number of rotatable bonds is 5. The molecule has 4 heteroatoms. The summed E-state index contributed by atoms with van der Waals surface area (Å²) in [5, 5.41) is 3.57. The lowest BCUT2D eigenvalue weighted by Gasteiger charge is -2.57. The summed E-state index contributed by atoms with van der Waals surface area (Å²) in [5.74, 6) is 1.73. The molecule has 0 aromatic heterocycles. The number of nitrogens with one attached hydrogen (secondary N) is 1. The largest absolute Gasteiger partial charge is 0.465 e. The fourth-order valence-corrected chi connectivity index (χ4v) is 5.92. The fourth-order valence-electron chi connectivity index (χ4n) is 5.92. The van der Waals surface area contributed by atoms with Gasteiger partial charge in [-0.3, -0.25) is 0 Å². The summed E-state index contributed by atoms with van der Waals surface area (Å²) in [5.41, 5.74) is 1.37. The molecule has 5 rings (SSSR count). The number of ether oxygens (including phenoxy) is 1. The van der Waals surface area contributed by atoms with E-state index in [0.717, 1.165) is 29.9 Å². The minimum absolute atomic E-state index is 0.00216. The van der Waals surface area contributed by atoms with Gasteiger partial charge in [-0.05, 0) is 79.4 Å². The van der Waals surface area contributed by atoms with Crippen LogP contribution in [0.4, 0.5) is 4.39 Å². The third-order valence-electron chi connectivity index (χ3n) is 6.43. The second-order valence-electron chi connectivity index (χ2n) is 8.33. The molecule has 0 saturated heterocycles. The molecular formula is C20H26FNO2. The van der Waals surface area contributed by atoms with Gasteiger partial charge >= 0.3 is 5.97 Å². The van der Waals surface area contributed by atoms with E-state index in [1.165, 1.54) is 57.8 Å². The summed E-state index contributed by atoms with van der Waals surface area (Å²) in [6.45, 7) is 1.69. The predicted molar refractivity (Wildman–Crippen MR) is 90.1 cm³/mol. The first kappa shape index (κ1) is 16.1. The number of esters is 1. The van der Waals surface area contributed by atoms with Gasteiger partial charge in [-0.25, -0.2) is 9.18 Å². The molecule has 1 N–H and O–H groups in total. The van der Waals surface area contributed by atoms with Crippen LogP contribution in [0.15, 0.2) is 18.2 Å². The Morgan fingerprint density at radius 3 is 2.38 bits per heavy atom. The van der Waals surface area contributed by atoms with E-state index in [-0.39, 0.29) is 5.56 Å². The van der Waals surface area contributed by atoms with Crippen LogP contribution in [0, 0.1) is 29.0 Å². The van der Waals surface area contributed by atoms with Gasteiger partial charge in [0.05, 0.1) is 12.7 Å². The molecule has 4 bridgehead atoms. The molecule has 0 atom stereocenters. The van der Waals surface area contributed by atoms with Crippen LogP contribution in [-0.4, -0.2) is 19.6 Å². The fraction of sp³-hybridized carbons (Fsp3) is 0.650. The van der Waals surface area contributed by atoms with Crippen molar-refractivity contribution in [2.24, 2.45) is 23.2 Å². The van der Waals surface area contributed by atoms with Crippen LogP contribution in [0.5, 0.6) is 0 Å². The maximum absolute atomic E-state index is 14.0. The zero-order valence-electron chi connectivity index (χ0n) is 14.3. The molecule has 3 nitrogen and oxygen atoms in total. The Balaban J connectivity index is 1.36. The van der Waals surface area contributed by atoms with E-state index in [1.807, 2.05) is 6.07 Å². The van der Waals surface area contributed by atoms with Crippen molar-refractivity contribution in [3.63, 3.8) is 0 Å². The Morgan fingerprint density at radius 1 is 1.21 bits per heavy atom. The van der Waals surface area contributed by atoms with E-state index in [1.54, 1.807) is 0 Å². The van der Waals surface area contributed by atoms with Crippen molar-refractivity contribution in [1.29, 1.82) is 0 Å². The van der Waals surface area contributed by atoms with Gasteiger partial charge in [-0.1, -0.05) is 6.07 Å². The molecule has 4 aliphatic rings. The van der Waals surface area contributed by atoms with Crippen molar-refractivity contribution in [1.82, 2.24) is 5.32 Å². The van der Waals surface area contributed by atoms with E-state index in [2.05, 4.69) is 10.1 Å². The lowest BCUT2D eigenvalue weighted by molar-refractivity contribution is -0.0514. The number of halogens is 1. The molecule has 1 aromatic carbocycles. The van der Waals surface area contributed by atoms with Crippen molar-refractivity contribution in [3.8, 4) is 0 Å². The molecule has 0 unspecified atom stereocenters. The molecule has 4 aliphatic carbocycles. The number of methoxy groups -OCH3 is 1. The Kier molecular flexibility index (Phi) is 4.11. The average molecular weight is 331 g/mol. The second kappa shape index (κ2) is 6.14. The number of hydrogen-bond acceptors (Lipinski definition) is 3. The van der Waals surface area contributed by atoms with Crippen LogP contribution in [0.25, 0.3) is 0 Å². The first-order chi connectivity index (χ1) is 11.6. The lowest BCUT2D eigenvalue weighted by atomic mass is 9.49. The molecular weight excluding hydrogens is 305 g/mol. The van der Waals surface area contributed by atoms with Crippen molar-refractivity contribution >= 4 is 5.97 Å². The summed E-state index contributed by atoms with van der Waals surface area (Å²) in [4.78, 5) is 11.4. The van der Waals surface area contributed by atoms with Crippen LogP contribution >= 0.6 is 0 Å². The molecule has 0 spiro atoms. The van der Waals surface area contributed by atoms with Crippen LogP contribution in [0.1, 0.15) is 54.4 Å². The topological polar surface area (TPSA) is 38.3 Å². The quantitative estimate of drug-likeness (QED) is 0.831. The Hall–Kier alpha value is -1.42. The van der Waals surface area contributed by atoms with Crippen LogP contribution in [0.3, 0.4) is 0 Å². The molecule has 1 aromatic rings. The summed E-state index contributed by atoms with van der Waals surface area (Å²) < 4.78 is 18.6. The van der Waals surface area contributed by atoms with Gasteiger partial charge in [0, 0.05) is 13.1 Å². The monoisotopic (exact) mass is 331 g/mol. The first-order valence-electron chi connectivity index (χ1n) is 9.14. The van der Waals surface area contributed by atoms with Crippen LogP contribution in [-0.2, 0) is 11.3 Å². The van der Waals surface area contributed by atoms with Gasteiger partial charge in [0.25, 0.3) is 0 Å². The Bertz CT molecular complexity index is 607. The minimum atomic E-state index is -0.624. The van der Waals surface area contributed by atoms with E-state index < -0.39 is 11.8 Å². The summed E-state index contributed by atoms with van der Waals surface area (Å²) in [6, 6.07) is 4.77. The van der Waals surface area contributed by atoms with Crippen LogP contribution in [0.2, 0.25) is 0 Å². The highest BCUT2D eigenvalue weighted by atomic mass is 19.1. The summed E-state index contributed by atoms with van der Waals surface area (Å²) in [7, 11) is 1.27. The number of carbonyl (C=O) groups is 1. The third-order valence-corrected chi connectivity index (χ3v) is 6.43. The highest BCUT2D eigenvalue weighted by Crippen LogP contribution is 2.59. The zero-order chi connectivity index (χ0) is 16.7. The highest BCUT2D eigenvalue weighted by molar-refractivity contribution is 5.89. The number of carbonyl (C=O) groups excluding carboxylic acids is 1. The van der Waals surface area contributed by atoms with E-state index >= 15 is 0 Å². The van der Waals surface area contributed by atoms with Gasteiger partial charge in [0.1, 0.15) is 5.82 Å². The molecule has 24 heavy (non-hydrogen) atoms. The number of hydrogen-bond donors (Lipinski definition) is 1. The summed E-state index contributed by atoms with van der Waals surface area (Å²) >= 11 is 0. The van der Waals surface area contributed by atoms with Crippen molar-refractivity contribution in [2.75, 3.05) is 13.7 Å². The maximum atomic E-state index is 14.0. The van der Waals surface area contributed by atoms with Crippen molar-refractivity contribution in [2.45, 2.75) is 45.1 Å². The number of benzene rings is 1. The Morgan fingerprint density at radius 2 is 1.83 bits per heavy atom. The molecule has 130 valence electrons. The molecule has 4 saturated carbocycles. The SMILES string of the molecule is COC(=O)c1ccc(CNCC23CC4CC(CC(C4)C2)C3)cc1F. The first-order valence-corrected chi connectivity index (χ1v) is 9.14. The minimum Gasteiger partial charge on any atom is -0.465 e. The average Bonchev–Trinajstić information content (AvgIpc) is 2.53. The molecule has 0 amide bonds. The van der Waals surface area contributed by atoms with Gasteiger partial charge in [0.2, 0.25) is 0 Å². The second-order valence-corrected chi connectivity index (χ2v) is 8.33. The molecule has 4 fully saturated rings. The van der Waals surface area contributed by atoms with Crippen LogP contribution < -0.4 is 5.32 Å².